The summed E-state index contributed by atoms with van der Waals surface area (Å²) in [4.78, 5) is 18.1. The molecule has 0 aromatic carbocycles. The van der Waals surface area contributed by atoms with E-state index in [-0.39, 0.29) is 25.4 Å². The number of rotatable bonds is 9. The molecule has 0 radical (unpaired) electrons. The topological polar surface area (TPSA) is 91.8 Å². The number of sulfonamides is 1. The summed E-state index contributed by atoms with van der Waals surface area (Å²) in [6.07, 6.45) is 4.54. The van der Waals surface area contributed by atoms with Gasteiger partial charge in [-0.25, -0.2) is 8.42 Å². The van der Waals surface area contributed by atoms with Gasteiger partial charge in [-0.15, -0.1) is 0 Å². The number of morpholine rings is 1. The second kappa shape index (κ2) is 9.81. The number of carbonyl (C=O) groups excluding carboxylic acids is 1. The summed E-state index contributed by atoms with van der Waals surface area (Å²) in [7, 11) is -3.39. The van der Waals surface area contributed by atoms with Crippen LogP contribution in [0, 0.1) is 0 Å². The van der Waals surface area contributed by atoms with E-state index in [9.17, 15) is 13.2 Å². The number of hydrogen-bond acceptors (Lipinski definition) is 6. The van der Waals surface area contributed by atoms with Gasteiger partial charge in [-0.3, -0.25) is 14.7 Å². The summed E-state index contributed by atoms with van der Waals surface area (Å²) in [6, 6.07) is 3.53. The van der Waals surface area contributed by atoms with Gasteiger partial charge in [0.15, 0.2) is 0 Å². The van der Waals surface area contributed by atoms with Crippen LogP contribution in [0.1, 0.15) is 12.0 Å². The number of nitrogens with zero attached hydrogens (tertiary/aromatic N) is 3. The first kappa shape index (κ1) is 19.8. The molecule has 0 spiro atoms. The van der Waals surface area contributed by atoms with Gasteiger partial charge in [-0.2, -0.15) is 4.31 Å². The first-order valence-corrected chi connectivity index (χ1v) is 10.2. The lowest BCUT2D eigenvalue weighted by atomic mass is 10.2. The lowest BCUT2D eigenvalue weighted by Gasteiger charge is -2.26. The molecule has 0 bridgehead atoms. The Labute approximate surface area is 149 Å². The Bertz CT molecular complexity index is 633. The summed E-state index contributed by atoms with van der Waals surface area (Å²) in [6.45, 7) is 4.95. The maximum Gasteiger partial charge on any atom is 0.221 e. The van der Waals surface area contributed by atoms with Gasteiger partial charge in [0.25, 0.3) is 0 Å². The van der Waals surface area contributed by atoms with E-state index in [1.807, 2.05) is 0 Å². The zero-order chi connectivity index (χ0) is 18.1. The highest BCUT2D eigenvalue weighted by Crippen LogP contribution is 2.08. The van der Waals surface area contributed by atoms with E-state index in [4.69, 9.17) is 4.74 Å². The van der Waals surface area contributed by atoms with Crippen LogP contribution in [0.3, 0.4) is 0 Å². The zero-order valence-corrected chi connectivity index (χ0v) is 15.4. The van der Waals surface area contributed by atoms with Crippen LogP contribution in [0.5, 0.6) is 0 Å². The van der Waals surface area contributed by atoms with Crippen molar-refractivity contribution < 1.29 is 17.9 Å². The Morgan fingerprint density at radius 3 is 2.64 bits per heavy atom. The molecule has 0 saturated carbocycles. The molecule has 1 aromatic heterocycles. The molecule has 2 rings (SSSR count). The molecule has 0 unspecified atom stereocenters. The van der Waals surface area contributed by atoms with E-state index in [0.29, 0.717) is 6.54 Å². The van der Waals surface area contributed by atoms with Crippen LogP contribution >= 0.6 is 0 Å². The van der Waals surface area contributed by atoms with Crippen molar-refractivity contribution in [3.63, 3.8) is 0 Å². The minimum absolute atomic E-state index is 0.140. The van der Waals surface area contributed by atoms with Gasteiger partial charge in [-0.1, -0.05) is 0 Å². The van der Waals surface area contributed by atoms with Gasteiger partial charge in [0.1, 0.15) is 0 Å². The fraction of sp³-hybridized carbons (Fsp3) is 0.625. The molecule has 140 valence electrons. The molecule has 8 nitrogen and oxygen atoms in total. The average Bonchev–Trinajstić information content (AvgIpc) is 2.59. The largest absolute Gasteiger partial charge is 0.379 e. The smallest absolute Gasteiger partial charge is 0.221 e. The minimum Gasteiger partial charge on any atom is -0.379 e. The van der Waals surface area contributed by atoms with Crippen molar-refractivity contribution in [1.82, 2.24) is 19.5 Å². The molecule has 25 heavy (non-hydrogen) atoms. The van der Waals surface area contributed by atoms with Crippen molar-refractivity contribution in [2.45, 2.75) is 13.0 Å². The van der Waals surface area contributed by atoms with E-state index in [1.54, 1.807) is 24.5 Å². The van der Waals surface area contributed by atoms with Crippen molar-refractivity contribution >= 4 is 15.9 Å². The van der Waals surface area contributed by atoms with Gasteiger partial charge in [0.05, 0.1) is 19.5 Å². The third kappa shape index (κ3) is 7.47. The fourth-order valence-electron chi connectivity index (χ4n) is 2.55. The lowest BCUT2D eigenvalue weighted by molar-refractivity contribution is -0.121. The Morgan fingerprint density at radius 2 is 2.00 bits per heavy atom. The molecule has 1 saturated heterocycles. The summed E-state index contributed by atoms with van der Waals surface area (Å²) < 4.78 is 30.4. The molecule has 1 aliphatic heterocycles. The summed E-state index contributed by atoms with van der Waals surface area (Å²) in [5.41, 5.74) is 0.841. The molecule has 1 N–H and O–H groups in total. The summed E-state index contributed by atoms with van der Waals surface area (Å²) in [5.74, 6) is -0.142. The Hall–Kier alpha value is -1.55. The van der Waals surface area contributed by atoms with E-state index in [0.717, 1.165) is 44.7 Å². The van der Waals surface area contributed by atoms with Crippen molar-refractivity contribution in [3.8, 4) is 0 Å². The van der Waals surface area contributed by atoms with Gasteiger partial charge in [0, 0.05) is 58.1 Å². The Morgan fingerprint density at radius 1 is 1.32 bits per heavy atom. The van der Waals surface area contributed by atoms with Gasteiger partial charge >= 0.3 is 0 Å². The third-order valence-corrected chi connectivity index (χ3v) is 5.27. The molecule has 1 amide bonds. The number of ether oxygens (including phenoxy) is 1. The van der Waals surface area contributed by atoms with Crippen LogP contribution in [0.2, 0.25) is 0 Å². The predicted octanol–water partition coefficient (Wildman–Crippen LogP) is -0.318. The number of aromatic nitrogens is 1. The molecule has 0 aliphatic carbocycles. The van der Waals surface area contributed by atoms with Crippen molar-refractivity contribution in [3.05, 3.63) is 30.1 Å². The van der Waals surface area contributed by atoms with Gasteiger partial charge < -0.3 is 10.1 Å². The Balaban J connectivity index is 1.74. The van der Waals surface area contributed by atoms with Crippen LogP contribution in [0.15, 0.2) is 24.5 Å². The molecule has 2 heterocycles. The van der Waals surface area contributed by atoms with Crippen LogP contribution < -0.4 is 5.32 Å². The second-order valence-corrected chi connectivity index (χ2v) is 7.99. The molecule has 0 atom stereocenters. The maximum absolute atomic E-state index is 12.0. The molecule has 1 fully saturated rings. The van der Waals surface area contributed by atoms with Gasteiger partial charge in [-0.05, 0) is 17.7 Å². The predicted molar refractivity (Wildman–Crippen MR) is 94.4 cm³/mol. The van der Waals surface area contributed by atoms with Crippen molar-refractivity contribution in [2.24, 2.45) is 0 Å². The zero-order valence-electron chi connectivity index (χ0n) is 14.6. The van der Waals surface area contributed by atoms with Crippen LogP contribution in [0.25, 0.3) is 0 Å². The highest BCUT2D eigenvalue weighted by molar-refractivity contribution is 7.88. The molecule has 1 aromatic rings. The van der Waals surface area contributed by atoms with Crippen molar-refractivity contribution in [1.29, 1.82) is 0 Å². The number of pyridine rings is 1. The quantitative estimate of drug-likeness (QED) is 0.641. The molecule has 1 aliphatic rings. The Kier molecular flexibility index (Phi) is 7.76. The highest BCUT2D eigenvalue weighted by atomic mass is 32.2. The molecule has 9 heteroatoms. The number of nitrogens with one attached hydrogen (secondary N) is 1. The lowest BCUT2D eigenvalue weighted by Crippen LogP contribution is -2.42. The van der Waals surface area contributed by atoms with E-state index in [2.05, 4.69) is 15.2 Å². The van der Waals surface area contributed by atoms with Gasteiger partial charge in [0.2, 0.25) is 15.9 Å². The van der Waals surface area contributed by atoms with Crippen molar-refractivity contribution in [2.75, 3.05) is 52.2 Å². The summed E-state index contributed by atoms with van der Waals surface area (Å²) in [5, 5.41) is 2.85. The second-order valence-electron chi connectivity index (χ2n) is 6.01. The molecular weight excluding hydrogens is 344 g/mol. The van der Waals surface area contributed by atoms with Crippen LogP contribution in [-0.4, -0.2) is 80.7 Å². The molecular formula is C16H26N4O4S. The maximum atomic E-state index is 12.0. The fourth-order valence-corrected chi connectivity index (χ4v) is 3.35. The van der Waals surface area contributed by atoms with Crippen LogP contribution in [-0.2, 0) is 26.1 Å². The van der Waals surface area contributed by atoms with E-state index in [1.165, 1.54) is 4.31 Å². The van der Waals surface area contributed by atoms with Crippen LogP contribution in [0.4, 0.5) is 0 Å². The monoisotopic (exact) mass is 370 g/mol. The first-order valence-electron chi connectivity index (χ1n) is 8.36. The van der Waals surface area contributed by atoms with E-state index < -0.39 is 10.0 Å². The first-order chi connectivity index (χ1) is 11.9. The normalized spacial score (nSPS) is 16.1. The van der Waals surface area contributed by atoms with E-state index >= 15 is 0 Å². The number of carbonyl (C=O) groups is 1. The number of hydrogen-bond donors (Lipinski definition) is 1. The number of amides is 1. The average molecular weight is 370 g/mol. The minimum atomic E-state index is -3.39. The third-order valence-electron chi connectivity index (χ3n) is 4.02. The summed E-state index contributed by atoms with van der Waals surface area (Å²) >= 11 is 0. The highest BCUT2D eigenvalue weighted by Gasteiger charge is 2.18. The SMILES string of the molecule is CS(=O)(=O)N(CCC(=O)NCCN1CCOCC1)Cc1ccncc1. The standard InChI is InChI=1S/C16H26N4O4S/c1-25(22,23)20(14-15-2-5-17-6-3-15)8-4-16(21)18-7-9-19-10-12-24-13-11-19/h2-3,5-6H,4,7-14H2,1H3,(H,18,21).